The molecule has 1 aliphatic rings. The maximum atomic E-state index is 13.2. The van der Waals surface area contributed by atoms with Crippen LogP contribution in [-0.4, -0.2) is 22.9 Å². The fraction of sp³-hybridized carbons (Fsp3) is 0.615. The lowest BCUT2D eigenvalue weighted by Crippen LogP contribution is -2.42. The van der Waals surface area contributed by atoms with Crippen molar-refractivity contribution in [3.05, 3.63) is 22.3 Å². The number of pyridine rings is 1. The maximum Gasteiger partial charge on any atom is 0.419 e. The zero-order valence-electron chi connectivity index (χ0n) is 10.9. The highest BCUT2D eigenvalue weighted by molar-refractivity contribution is 9.10. The third-order valence-electron chi connectivity index (χ3n) is 3.62. The van der Waals surface area contributed by atoms with Gasteiger partial charge in [-0.3, -0.25) is 0 Å². The van der Waals surface area contributed by atoms with Crippen molar-refractivity contribution in [1.29, 1.82) is 0 Å². The van der Waals surface area contributed by atoms with Gasteiger partial charge in [-0.05, 0) is 34.8 Å². The Balaban J connectivity index is 2.36. The molecule has 112 valence electrons. The summed E-state index contributed by atoms with van der Waals surface area (Å²) in [7, 11) is 1.69. The molecule has 0 amide bonds. The van der Waals surface area contributed by atoms with E-state index in [-0.39, 0.29) is 16.7 Å². The van der Waals surface area contributed by atoms with Crippen molar-refractivity contribution in [2.24, 2.45) is 0 Å². The monoisotopic (exact) mass is 414 g/mol. The van der Waals surface area contributed by atoms with Crippen LogP contribution in [0.5, 0.6) is 0 Å². The molecule has 2 atom stereocenters. The minimum atomic E-state index is -4.41. The summed E-state index contributed by atoms with van der Waals surface area (Å²) in [5.41, 5.74) is -0.695. The number of aromatic nitrogens is 1. The molecule has 0 saturated heterocycles. The second-order valence-electron chi connectivity index (χ2n) is 5.00. The van der Waals surface area contributed by atoms with Gasteiger partial charge in [0.1, 0.15) is 5.82 Å². The van der Waals surface area contributed by atoms with E-state index in [1.54, 1.807) is 11.9 Å². The van der Waals surface area contributed by atoms with Crippen molar-refractivity contribution in [3.8, 4) is 0 Å². The van der Waals surface area contributed by atoms with E-state index in [9.17, 15) is 13.2 Å². The van der Waals surface area contributed by atoms with Crippen LogP contribution < -0.4 is 4.90 Å². The highest BCUT2D eigenvalue weighted by Crippen LogP contribution is 2.39. The molecule has 0 bridgehead atoms. The molecule has 1 heterocycles. The maximum absolute atomic E-state index is 13.2. The second kappa shape index (κ2) is 6.22. The van der Waals surface area contributed by atoms with Gasteiger partial charge in [0.05, 0.1) is 5.56 Å². The zero-order chi connectivity index (χ0) is 14.9. The summed E-state index contributed by atoms with van der Waals surface area (Å²) in [6.45, 7) is 0. The molecule has 20 heavy (non-hydrogen) atoms. The number of nitrogens with zero attached hydrogens (tertiary/aromatic N) is 2. The minimum absolute atomic E-state index is 0.00273. The van der Waals surface area contributed by atoms with Crippen LogP contribution in [-0.2, 0) is 6.18 Å². The van der Waals surface area contributed by atoms with E-state index >= 15 is 0 Å². The Morgan fingerprint density at radius 3 is 2.55 bits per heavy atom. The number of halogens is 5. The van der Waals surface area contributed by atoms with Crippen LogP contribution in [0.1, 0.15) is 31.2 Å². The van der Waals surface area contributed by atoms with Gasteiger partial charge >= 0.3 is 6.18 Å². The average Bonchev–Trinajstić information content (AvgIpc) is 2.37. The molecule has 1 aromatic rings. The predicted octanol–water partition coefficient (Wildman–Crippen LogP) is 5.01. The molecule has 0 aromatic carbocycles. The van der Waals surface area contributed by atoms with Gasteiger partial charge in [-0.2, -0.15) is 13.2 Å². The van der Waals surface area contributed by atoms with E-state index in [1.807, 2.05) is 0 Å². The van der Waals surface area contributed by atoms with Gasteiger partial charge in [0.25, 0.3) is 0 Å². The largest absolute Gasteiger partial charge is 0.419 e. The molecule has 1 saturated carbocycles. The first kappa shape index (κ1) is 16.1. The molecule has 0 radical (unpaired) electrons. The van der Waals surface area contributed by atoms with Gasteiger partial charge in [-0.25, -0.2) is 4.98 Å². The first-order valence-corrected chi connectivity index (χ1v) is 8.11. The molecule has 1 aromatic heterocycles. The normalized spacial score (nSPS) is 23.7. The summed E-state index contributed by atoms with van der Waals surface area (Å²) in [6.07, 6.45) is 1.01. The third kappa shape index (κ3) is 3.47. The molecule has 7 heteroatoms. The molecule has 1 fully saturated rings. The van der Waals surface area contributed by atoms with Gasteiger partial charge in [-0.1, -0.05) is 28.8 Å². The summed E-state index contributed by atoms with van der Waals surface area (Å²) in [4.78, 5) is 5.85. The third-order valence-corrected chi connectivity index (χ3v) is 5.12. The van der Waals surface area contributed by atoms with Crippen molar-refractivity contribution in [3.63, 3.8) is 0 Å². The Labute approximate surface area is 133 Å². The smallest absolute Gasteiger partial charge is 0.355 e. The lowest BCUT2D eigenvalue weighted by Gasteiger charge is -2.36. The van der Waals surface area contributed by atoms with Crippen molar-refractivity contribution in [1.82, 2.24) is 4.98 Å². The summed E-state index contributed by atoms with van der Waals surface area (Å²) >= 11 is 6.64. The fourth-order valence-corrected chi connectivity index (χ4v) is 3.86. The predicted molar refractivity (Wildman–Crippen MR) is 80.3 cm³/mol. The highest BCUT2D eigenvalue weighted by Gasteiger charge is 2.38. The second-order valence-corrected chi connectivity index (χ2v) is 7.09. The number of alkyl halides is 4. The SMILES string of the molecule is CN(c1ncc(Br)cc1C(F)(F)F)C1CCCCC1Br. The number of hydrogen-bond donors (Lipinski definition) is 0. The highest BCUT2D eigenvalue weighted by atomic mass is 79.9. The Morgan fingerprint density at radius 2 is 1.95 bits per heavy atom. The first-order valence-electron chi connectivity index (χ1n) is 6.40. The summed E-state index contributed by atoms with van der Waals surface area (Å²) in [5, 5.41) is 0. The lowest BCUT2D eigenvalue weighted by atomic mass is 9.94. The van der Waals surface area contributed by atoms with Crippen molar-refractivity contribution < 1.29 is 13.2 Å². The molecule has 0 aliphatic heterocycles. The Hall–Kier alpha value is -0.300. The van der Waals surface area contributed by atoms with E-state index in [4.69, 9.17) is 0 Å². The molecule has 0 spiro atoms. The Bertz CT molecular complexity index is 479. The molecule has 2 nitrogen and oxygen atoms in total. The number of rotatable bonds is 2. The van der Waals surface area contributed by atoms with Crippen LogP contribution in [0.2, 0.25) is 0 Å². The van der Waals surface area contributed by atoms with Gasteiger partial charge in [0.15, 0.2) is 0 Å². The summed E-state index contributed by atoms with van der Waals surface area (Å²) in [5.74, 6) is -0.00273. The minimum Gasteiger partial charge on any atom is -0.355 e. The molecule has 1 aliphatic carbocycles. The Kier molecular flexibility index (Phi) is 5.00. The molecule has 0 N–H and O–H groups in total. The molecule has 2 rings (SSSR count). The number of hydrogen-bond acceptors (Lipinski definition) is 2. The van der Waals surface area contributed by atoms with Crippen molar-refractivity contribution >= 4 is 37.7 Å². The van der Waals surface area contributed by atoms with E-state index in [0.29, 0.717) is 4.47 Å². The van der Waals surface area contributed by atoms with Crippen LogP contribution in [0.4, 0.5) is 19.0 Å². The van der Waals surface area contributed by atoms with E-state index in [2.05, 4.69) is 36.8 Å². The number of anilines is 1. The van der Waals surface area contributed by atoms with Gasteiger partial charge in [-0.15, -0.1) is 0 Å². The Morgan fingerprint density at radius 1 is 1.30 bits per heavy atom. The quantitative estimate of drug-likeness (QED) is 0.631. The van der Waals surface area contributed by atoms with E-state index in [0.717, 1.165) is 31.7 Å². The molecular formula is C13H15Br2F3N2. The molecule has 2 unspecified atom stereocenters. The van der Waals surface area contributed by atoms with Gasteiger partial charge < -0.3 is 4.90 Å². The van der Waals surface area contributed by atoms with Gasteiger partial charge in [0, 0.05) is 28.6 Å². The fourth-order valence-electron chi connectivity index (χ4n) is 2.58. The van der Waals surface area contributed by atoms with Crippen molar-refractivity contribution in [2.75, 3.05) is 11.9 Å². The average molecular weight is 416 g/mol. The summed E-state index contributed by atoms with van der Waals surface area (Å²) in [6, 6.07) is 1.13. The lowest BCUT2D eigenvalue weighted by molar-refractivity contribution is -0.137. The zero-order valence-corrected chi connectivity index (χ0v) is 14.1. The van der Waals surface area contributed by atoms with Crippen LogP contribution in [0, 0.1) is 0 Å². The van der Waals surface area contributed by atoms with E-state index in [1.165, 1.54) is 6.20 Å². The van der Waals surface area contributed by atoms with Crippen LogP contribution in [0.25, 0.3) is 0 Å². The molecular weight excluding hydrogens is 401 g/mol. The van der Waals surface area contributed by atoms with Crippen LogP contribution >= 0.6 is 31.9 Å². The van der Waals surface area contributed by atoms with E-state index < -0.39 is 11.7 Å². The van der Waals surface area contributed by atoms with Crippen LogP contribution in [0.3, 0.4) is 0 Å². The van der Waals surface area contributed by atoms with Crippen molar-refractivity contribution in [2.45, 2.75) is 42.7 Å². The van der Waals surface area contributed by atoms with Crippen LogP contribution in [0.15, 0.2) is 16.7 Å². The standard InChI is InChI=1S/C13H15Br2F3N2/c1-20(11-5-3-2-4-10(11)15)12-9(13(16,17)18)6-8(14)7-19-12/h6-7,10-11H,2-5H2,1H3. The topological polar surface area (TPSA) is 16.1 Å². The first-order chi connectivity index (χ1) is 9.30. The van der Waals surface area contributed by atoms with Gasteiger partial charge in [0.2, 0.25) is 0 Å². The summed E-state index contributed by atoms with van der Waals surface area (Å²) < 4.78 is 39.8.